The van der Waals surface area contributed by atoms with E-state index in [1.807, 2.05) is 0 Å². The molecule has 4 rings (SSSR count). The summed E-state index contributed by atoms with van der Waals surface area (Å²) in [5, 5.41) is 0. The molecule has 1 heterocycles. The number of benzene rings is 2. The van der Waals surface area contributed by atoms with E-state index in [0.717, 1.165) is 11.8 Å². The van der Waals surface area contributed by atoms with E-state index in [9.17, 15) is 0 Å². The molecule has 0 bridgehead atoms. The molecular weight excluding hydrogens is 304 g/mol. The molecule has 0 amide bonds. The van der Waals surface area contributed by atoms with E-state index >= 15 is 0 Å². The predicted molar refractivity (Wildman–Crippen MR) is 105 cm³/mol. The lowest BCUT2D eigenvalue weighted by atomic mass is 9.79. The van der Waals surface area contributed by atoms with Crippen molar-refractivity contribution >= 4 is 0 Å². The third kappa shape index (κ3) is 3.38. The van der Waals surface area contributed by atoms with Gasteiger partial charge in [0.15, 0.2) is 0 Å². The fraction of sp³-hybridized carbons (Fsp3) is 0.478. The molecule has 0 saturated carbocycles. The van der Waals surface area contributed by atoms with Gasteiger partial charge in [-0.2, -0.15) is 0 Å². The molecule has 132 valence electrons. The van der Waals surface area contributed by atoms with E-state index in [0.29, 0.717) is 5.92 Å². The van der Waals surface area contributed by atoms with Gasteiger partial charge in [-0.3, -0.25) is 0 Å². The fourth-order valence-electron chi connectivity index (χ4n) is 5.04. The van der Waals surface area contributed by atoms with Crippen LogP contribution in [0.25, 0.3) is 0 Å². The standard InChI is InChI=1S/C23H30N2/c1-24(2)14-8-15-25-16-13-20-19-11-6-7-12-21(19)23(22(20)17-25)18-9-4-3-5-10-18/h3-7,9-12,20,22-23H,8,13-17H2,1-2H3/t20-,22-,23-/m0/s1. The maximum atomic E-state index is 2.71. The molecule has 2 aromatic rings. The molecule has 1 saturated heterocycles. The van der Waals surface area contributed by atoms with Crippen LogP contribution in [0, 0.1) is 5.92 Å². The van der Waals surface area contributed by atoms with Gasteiger partial charge in [0.1, 0.15) is 0 Å². The maximum Gasteiger partial charge on any atom is 0.0138 e. The Morgan fingerprint density at radius 2 is 1.68 bits per heavy atom. The quantitative estimate of drug-likeness (QED) is 0.809. The molecule has 1 aliphatic carbocycles. The highest BCUT2D eigenvalue weighted by molar-refractivity contribution is 5.46. The molecule has 1 aliphatic heterocycles. The normalized spacial score (nSPS) is 25.8. The van der Waals surface area contributed by atoms with Crippen LogP contribution in [0.1, 0.15) is 41.4 Å². The first-order valence-corrected chi connectivity index (χ1v) is 9.75. The van der Waals surface area contributed by atoms with Crippen molar-refractivity contribution in [2.75, 3.05) is 40.3 Å². The Kier molecular flexibility index (Phi) is 4.91. The van der Waals surface area contributed by atoms with Crippen LogP contribution in [0.4, 0.5) is 0 Å². The Labute approximate surface area is 152 Å². The lowest BCUT2D eigenvalue weighted by Crippen LogP contribution is -2.40. The summed E-state index contributed by atoms with van der Waals surface area (Å²) in [5.74, 6) is 2.04. The second-order valence-electron chi connectivity index (χ2n) is 8.03. The first-order chi connectivity index (χ1) is 12.2. The summed E-state index contributed by atoms with van der Waals surface area (Å²) >= 11 is 0. The third-order valence-electron chi connectivity index (χ3n) is 6.14. The molecule has 0 unspecified atom stereocenters. The van der Waals surface area contributed by atoms with E-state index < -0.39 is 0 Å². The highest BCUT2D eigenvalue weighted by Crippen LogP contribution is 2.52. The second-order valence-corrected chi connectivity index (χ2v) is 8.03. The smallest absolute Gasteiger partial charge is 0.0138 e. The Morgan fingerprint density at radius 1 is 0.960 bits per heavy atom. The monoisotopic (exact) mass is 334 g/mol. The molecule has 25 heavy (non-hydrogen) atoms. The Balaban J connectivity index is 1.57. The van der Waals surface area contributed by atoms with Crippen molar-refractivity contribution in [3.05, 3.63) is 71.3 Å². The number of hydrogen-bond donors (Lipinski definition) is 0. The van der Waals surface area contributed by atoms with Crippen LogP contribution in [0.5, 0.6) is 0 Å². The zero-order valence-electron chi connectivity index (χ0n) is 15.6. The van der Waals surface area contributed by atoms with E-state index in [-0.39, 0.29) is 0 Å². The van der Waals surface area contributed by atoms with Crippen molar-refractivity contribution in [1.82, 2.24) is 9.80 Å². The van der Waals surface area contributed by atoms with Gasteiger partial charge >= 0.3 is 0 Å². The van der Waals surface area contributed by atoms with E-state index in [1.165, 1.54) is 44.6 Å². The lowest BCUT2D eigenvalue weighted by molar-refractivity contribution is 0.149. The summed E-state index contributed by atoms with van der Waals surface area (Å²) in [6.45, 7) is 4.92. The van der Waals surface area contributed by atoms with Crippen LogP contribution in [-0.2, 0) is 0 Å². The van der Waals surface area contributed by atoms with Crippen molar-refractivity contribution in [2.24, 2.45) is 5.92 Å². The van der Waals surface area contributed by atoms with Crippen LogP contribution >= 0.6 is 0 Å². The van der Waals surface area contributed by atoms with Crippen LogP contribution in [0.15, 0.2) is 54.6 Å². The minimum Gasteiger partial charge on any atom is -0.309 e. The second kappa shape index (κ2) is 7.31. The highest BCUT2D eigenvalue weighted by atomic mass is 15.1. The number of likely N-dealkylation sites (tertiary alicyclic amines) is 1. The van der Waals surface area contributed by atoms with Gasteiger partial charge in [-0.05, 0) is 75.1 Å². The van der Waals surface area contributed by atoms with Gasteiger partial charge in [-0.25, -0.2) is 0 Å². The Bertz CT molecular complexity index is 694. The zero-order valence-corrected chi connectivity index (χ0v) is 15.6. The minimum atomic E-state index is 0.569. The van der Waals surface area contributed by atoms with Crippen molar-refractivity contribution in [3.63, 3.8) is 0 Å². The Morgan fingerprint density at radius 3 is 2.44 bits per heavy atom. The number of rotatable bonds is 5. The maximum absolute atomic E-state index is 2.71. The Hall–Kier alpha value is -1.64. The number of fused-ring (bicyclic) bond motifs is 3. The van der Waals surface area contributed by atoms with Gasteiger partial charge in [0.05, 0.1) is 0 Å². The first kappa shape index (κ1) is 16.8. The largest absolute Gasteiger partial charge is 0.309 e. The molecule has 0 spiro atoms. The SMILES string of the molecule is CN(C)CCCN1CC[C@H]2c3ccccc3[C@H](c3ccccc3)[C@H]2C1. The molecule has 1 fully saturated rings. The van der Waals surface area contributed by atoms with Gasteiger partial charge in [-0.1, -0.05) is 54.6 Å². The van der Waals surface area contributed by atoms with Gasteiger partial charge in [0, 0.05) is 12.5 Å². The summed E-state index contributed by atoms with van der Waals surface area (Å²) in [6.07, 6.45) is 2.58. The topological polar surface area (TPSA) is 6.48 Å². The molecule has 3 atom stereocenters. The summed E-state index contributed by atoms with van der Waals surface area (Å²) < 4.78 is 0. The van der Waals surface area contributed by atoms with Gasteiger partial charge in [0.25, 0.3) is 0 Å². The fourth-order valence-corrected chi connectivity index (χ4v) is 5.04. The molecular formula is C23H30N2. The molecule has 2 heteroatoms. The van der Waals surface area contributed by atoms with Crippen LogP contribution in [0.3, 0.4) is 0 Å². The predicted octanol–water partition coefficient (Wildman–Crippen LogP) is 4.19. The summed E-state index contributed by atoms with van der Waals surface area (Å²) in [5.41, 5.74) is 4.70. The van der Waals surface area contributed by atoms with E-state index in [1.54, 1.807) is 11.1 Å². The van der Waals surface area contributed by atoms with Crippen LogP contribution < -0.4 is 0 Å². The average molecular weight is 335 g/mol. The van der Waals surface area contributed by atoms with Crippen molar-refractivity contribution in [3.8, 4) is 0 Å². The van der Waals surface area contributed by atoms with Gasteiger partial charge in [0.2, 0.25) is 0 Å². The lowest BCUT2D eigenvalue weighted by Gasteiger charge is -2.38. The number of nitrogens with zero attached hydrogens (tertiary/aromatic N) is 2. The zero-order chi connectivity index (χ0) is 17.2. The van der Waals surface area contributed by atoms with Crippen LogP contribution in [0.2, 0.25) is 0 Å². The van der Waals surface area contributed by atoms with E-state index in [4.69, 9.17) is 0 Å². The highest BCUT2D eigenvalue weighted by Gasteiger charge is 2.43. The van der Waals surface area contributed by atoms with E-state index in [2.05, 4.69) is 78.5 Å². The summed E-state index contributed by atoms with van der Waals surface area (Å²) in [7, 11) is 4.34. The van der Waals surface area contributed by atoms with Gasteiger partial charge in [-0.15, -0.1) is 0 Å². The number of piperidine rings is 1. The first-order valence-electron chi connectivity index (χ1n) is 9.75. The molecule has 0 N–H and O–H groups in total. The molecule has 2 aliphatic rings. The third-order valence-corrected chi connectivity index (χ3v) is 6.14. The van der Waals surface area contributed by atoms with Gasteiger partial charge < -0.3 is 9.80 Å². The van der Waals surface area contributed by atoms with Crippen molar-refractivity contribution in [2.45, 2.75) is 24.7 Å². The summed E-state index contributed by atoms with van der Waals surface area (Å²) in [6, 6.07) is 20.4. The molecule has 0 aromatic heterocycles. The minimum absolute atomic E-state index is 0.569. The average Bonchev–Trinajstić information content (AvgIpc) is 2.96. The molecule has 2 aromatic carbocycles. The van der Waals surface area contributed by atoms with Crippen molar-refractivity contribution < 1.29 is 0 Å². The molecule has 0 radical (unpaired) electrons. The molecule has 2 nitrogen and oxygen atoms in total. The van der Waals surface area contributed by atoms with Crippen molar-refractivity contribution in [1.29, 1.82) is 0 Å². The summed E-state index contributed by atoms with van der Waals surface area (Å²) in [4.78, 5) is 5.01. The number of hydrogen-bond acceptors (Lipinski definition) is 2. The van der Waals surface area contributed by atoms with Crippen LogP contribution in [-0.4, -0.2) is 50.1 Å².